The van der Waals surface area contributed by atoms with Crippen molar-refractivity contribution in [1.29, 1.82) is 0 Å². The molecule has 0 heterocycles. The number of carboxylic acid groups (broad SMARTS) is 1. The third kappa shape index (κ3) is 3.22. The second kappa shape index (κ2) is 6.98. The molecule has 1 N–H and O–H groups in total. The number of carbonyl (C=O) groups is 3. The number of hydrogen-bond donors (Lipinski definition) is 1. The van der Waals surface area contributed by atoms with Crippen LogP contribution in [0.1, 0.15) is 59.3 Å². The summed E-state index contributed by atoms with van der Waals surface area (Å²) in [5.74, 6) is 0.966. The first-order valence-electron chi connectivity index (χ1n) is 9.58. The van der Waals surface area contributed by atoms with Gasteiger partial charge in [-0.1, -0.05) is 25.2 Å². The minimum absolute atomic E-state index is 0.112. The Morgan fingerprint density at radius 3 is 2.62 bits per heavy atom. The third-order valence-electron chi connectivity index (χ3n) is 6.90. The standard InChI is InChI=1S/C22H28O4/c1-13(5-4-6-14(2)21(25)26)20-19(24)12-18-17-8-7-16(23)11-15(17)9-10-22(18,20)3/h4-6,15,17-18H,7-12H2,1-3H3,(H,25,26)/b5-4?,14-6?,20-13+/t15-,17-,18-,22-/m0/s1. The average Bonchev–Trinajstić information content (AvgIpc) is 2.85. The van der Waals surface area contributed by atoms with Gasteiger partial charge < -0.3 is 5.11 Å². The van der Waals surface area contributed by atoms with Gasteiger partial charge in [0.2, 0.25) is 0 Å². The molecule has 3 aliphatic carbocycles. The summed E-state index contributed by atoms with van der Waals surface area (Å²) < 4.78 is 0. The van der Waals surface area contributed by atoms with E-state index < -0.39 is 5.97 Å². The smallest absolute Gasteiger partial charge is 0.331 e. The van der Waals surface area contributed by atoms with E-state index in [9.17, 15) is 14.4 Å². The van der Waals surface area contributed by atoms with Crippen LogP contribution >= 0.6 is 0 Å². The summed E-state index contributed by atoms with van der Waals surface area (Å²) in [6, 6.07) is 0. The minimum Gasteiger partial charge on any atom is -0.478 e. The maximum absolute atomic E-state index is 12.9. The molecule has 0 saturated heterocycles. The topological polar surface area (TPSA) is 71.4 Å². The first kappa shape index (κ1) is 18.8. The first-order valence-corrected chi connectivity index (χ1v) is 9.58. The zero-order chi connectivity index (χ0) is 19.1. The fourth-order valence-corrected chi connectivity index (χ4v) is 5.57. The Bertz CT molecular complexity index is 739. The van der Waals surface area contributed by atoms with E-state index in [4.69, 9.17) is 5.11 Å². The summed E-state index contributed by atoms with van der Waals surface area (Å²) >= 11 is 0. The van der Waals surface area contributed by atoms with E-state index in [0.717, 1.165) is 30.4 Å². The van der Waals surface area contributed by atoms with Gasteiger partial charge in [-0.15, -0.1) is 0 Å². The molecule has 3 aliphatic rings. The number of ketones is 2. The van der Waals surface area contributed by atoms with E-state index in [2.05, 4.69) is 6.92 Å². The van der Waals surface area contributed by atoms with Gasteiger partial charge in [-0.25, -0.2) is 4.79 Å². The van der Waals surface area contributed by atoms with Crippen molar-refractivity contribution in [3.8, 4) is 0 Å². The number of carbonyl (C=O) groups excluding carboxylic acids is 2. The number of allylic oxidation sites excluding steroid dienone is 5. The molecule has 0 aromatic heterocycles. The van der Waals surface area contributed by atoms with Crippen LogP contribution < -0.4 is 0 Å². The van der Waals surface area contributed by atoms with Crippen LogP contribution in [0.4, 0.5) is 0 Å². The molecule has 4 atom stereocenters. The van der Waals surface area contributed by atoms with Gasteiger partial charge in [-0.3, -0.25) is 9.59 Å². The van der Waals surface area contributed by atoms with E-state index >= 15 is 0 Å². The zero-order valence-corrected chi connectivity index (χ0v) is 15.9. The second-order valence-corrected chi connectivity index (χ2v) is 8.47. The van der Waals surface area contributed by atoms with Crippen LogP contribution in [0, 0.1) is 23.2 Å². The van der Waals surface area contributed by atoms with Gasteiger partial charge in [0, 0.05) is 30.4 Å². The minimum atomic E-state index is -0.936. The molecular formula is C22H28O4. The summed E-state index contributed by atoms with van der Waals surface area (Å²) in [6.45, 7) is 5.73. The van der Waals surface area contributed by atoms with Crippen molar-refractivity contribution >= 4 is 17.5 Å². The van der Waals surface area contributed by atoms with Crippen LogP contribution in [0.2, 0.25) is 0 Å². The zero-order valence-electron chi connectivity index (χ0n) is 15.9. The molecule has 0 bridgehead atoms. The van der Waals surface area contributed by atoms with Crippen molar-refractivity contribution in [2.45, 2.75) is 59.3 Å². The molecular weight excluding hydrogens is 328 g/mol. The number of Topliss-reactive ketones (excluding diaryl/α,β-unsaturated/α-hetero) is 2. The number of fused-ring (bicyclic) bond motifs is 3. The van der Waals surface area contributed by atoms with Crippen LogP contribution in [-0.2, 0) is 14.4 Å². The molecule has 140 valence electrons. The maximum Gasteiger partial charge on any atom is 0.331 e. The van der Waals surface area contributed by atoms with Crippen molar-refractivity contribution in [2.75, 3.05) is 0 Å². The van der Waals surface area contributed by atoms with E-state index in [1.165, 1.54) is 0 Å². The molecule has 3 rings (SSSR count). The fraction of sp³-hybridized carbons (Fsp3) is 0.591. The van der Waals surface area contributed by atoms with Crippen molar-refractivity contribution in [3.05, 3.63) is 34.9 Å². The first-order chi connectivity index (χ1) is 12.2. The molecule has 4 heteroatoms. The van der Waals surface area contributed by atoms with Gasteiger partial charge in [0.25, 0.3) is 0 Å². The Balaban J connectivity index is 1.89. The molecule has 0 aromatic carbocycles. The Labute approximate surface area is 155 Å². The van der Waals surface area contributed by atoms with E-state index in [1.54, 1.807) is 19.1 Å². The van der Waals surface area contributed by atoms with Crippen LogP contribution in [-0.4, -0.2) is 22.6 Å². The van der Waals surface area contributed by atoms with Gasteiger partial charge >= 0.3 is 5.97 Å². The van der Waals surface area contributed by atoms with Crippen LogP contribution in [0.5, 0.6) is 0 Å². The monoisotopic (exact) mass is 356 g/mol. The van der Waals surface area contributed by atoms with E-state index in [0.29, 0.717) is 42.8 Å². The summed E-state index contributed by atoms with van der Waals surface area (Å²) in [4.78, 5) is 35.6. The Hall–Kier alpha value is -1.97. The summed E-state index contributed by atoms with van der Waals surface area (Å²) in [7, 11) is 0. The molecule has 0 radical (unpaired) electrons. The molecule has 0 aliphatic heterocycles. The molecule has 26 heavy (non-hydrogen) atoms. The fourth-order valence-electron chi connectivity index (χ4n) is 5.57. The highest BCUT2D eigenvalue weighted by Gasteiger charge is 2.55. The van der Waals surface area contributed by atoms with Crippen molar-refractivity contribution in [1.82, 2.24) is 0 Å². The highest BCUT2D eigenvalue weighted by molar-refractivity contribution is 6.00. The van der Waals surface area contributed by atoms with Crippen molar-refractivity contribution in [3.63, 3.8) is 0 Å². The molecule has 3 saturated carbocycles. The number of carboxylic acids is 1. The predicted molar refractivity (Wildman–Crippen MR) is 99.5 cm³/mol. The maximum atomic E-state index is 12.9. The summed E-state index contributed by atoms with van der Waals surface area (Å²) in [5, 5.41) is 8.93. The Morgan fingerprint density at radius 1 is 1.19 bits per heavy atom. The van der Waals surface area contributed by atoms with Crippen molar-refractivity contribution in [2.24, 2.45) is 23.2 Å². The molecule has 4 nitrogen and oxygen atoms in total. The average molecular weight is 356 g/mol. The Kier molecular flexibility index (Phi) is 5.05. The normalized spacial score (nSPS) is 36.9. The quantitative estimate of drug-likeness (QED) is 0.606. The number of hydrogen-bond acceptors (Lipinski definition) is 3. The van der Waals surface area contributed by atoms with E-state index in [-0.39, 0.29) is 16.8 Å². The predicted octanol–water partition coefficient (Wildman–Crippen LogP) is 4.26. The van der Waals surface area contributed by atoms with Crippen LogP contribution in [0.25, 0.3) is 0 Å². The molecule has 0 unspecified atom stereocenters. The van der Waals surface area contributed by atoms with Crippen molar-refractivity contribution < 1.29 is 19.5 Å². The van der Waals surface area contributed by atoms with Gasteiger partial charge in [-0.05, 0) is 61.9 Å². The SMILES string of the molecule is CC(=CC=C/C(C)=C1\C(=O)C[C@H]2[C@H]3CCC(=O)C[C@@H]3CC[C@]12C)C(=O)O. The Morgan fingerprint density at radius 2 is 1.92 bits per heavy atom. The lowest BCUT2D eigenvalue weighted by atomic mass is 9.55. The molecule has 0 spiro atoms. The van der Waals surface area contributed by atoms with Crippen LogP contribution in [0.3, 0.4) is 0 Å². The van der Waals surface area contributed by atoms with Gasteiger partial charge in [-0.2, -0.15) is 0 Å². The largest absolute Gasteiger partial charge is 0.478 e. The molecule has 0 aromatic rings. The van der Waals surface area contributed by atoms with Gasteiger partial charge in [0.15, 0.2) is 5.78 Å². The van der Waals surface area contributed by atoms with E-state index in [1.807, 2.05) is 13.0 Å². The lowest BCUT2D eigenvalue weighted by molar-refractivity contribution is -0.132. The lowest BCUT2D eigenvalue weighted by Crippen LogP contribution is -2.42. The number of aliphatic carboxylic acids is 1. The second-order valence-electron chi connectivity index (χ2n) is 8.47. The molecule has 0 amide bonds. The van der Waals surface area contributed by atoms with Gasteiger partial charge in [0.05, 0.1) is 0 Å². The highest BCUT2D eigenvalue weighted by atomic mass is 16.4. The number of rotatable bonds is 3. The lowest BCUT2D eigenvalue weighted by Gasteiger charge is -2.48. The summed E-state index contributed by atoms with van der Waals surface area (Å²) in [6.07, 6.45) is 10.0. The summed E-state index contributed by atoms with van der Waals surface area (Å²) in [5.41, 5.74) is 2.03. The highest BCUT2D eigenvalue weighted by Crippen LogP contribution is 2.60. The molecule has 3 fully saturated rings. The van der Waals surface area contributed by atoms with Gasteiger partial charge in [0.1, 0.15) is 5.78 Å². The van der Waals surface area contributed by atoms with Crippen LogP contribution in [0.15, 0.2) is 34.9 Å². The third-order valence-corrected chi connectivity index (χ3v) is 6.90.